The normalized spacial score (nSPS) is 11.4. The molecule has 0 spiro atoms. The SMILES string of the molecule is Cc1nccn1-c1ccc(C(F)(F)F)cc1NC(=O)c1ccc(Cl)cc1. The third-order valence-electron chi connectivity index (χ3n) is 3.76. The zero-order valence-corrected chi connectivity index (χ0v) is 14.3. The van der Waals surface area contributed by atoms with E-state index in [1.54, 1.807) is 17.7 Å². The molecule has 1 N–H and O–H groups in total. The van der Waals surface area contributed by atoms with Crippen LogP contribution in [0.1, 0.15) is 21.7 Å². The largest absolute Gasteiger partial charge is 0.416 e. The first-order valence-corrected chi connectivity index (χ1v) is 7.92. The van der Waals surface area contributed by atoms with Gasteiger partial charge in [0.1, 0.15) is 5.82 Å². The summed E-state index contributed by atoms with van der Waals surface area (Å²) in [5, 5.41) is 3.00. The Hall–Kier alpha value is -2.80. The Morgan fingerprint density at radius 3 is 2.42 bits per heavy atom. The van der Waals surface area contributed by atoms with Gasteiger partial charge < -0.3 is 9.88 Å². The summed E-state index contributed by atoms with van der Waals surface area (Å²) in [6.07, 6.45) is -1.39. The van der Waals surface area contributed by atoms with Crippen molar-refractivity contribution >= 4 is 23.2 Å². The maximum absolute atomic E-state index is 13.1. The highest BCUT2D eigenvalue weighted by atomic mass is 35.5. The number of hydrogen-bond donors (Lipinski definition) is 1. The summed E-state index contributed by atoms with van der Waals surface area (Å²) in [4.78, 5) is 16.5. The third kappa shape index (κ3) is 3.72. The summed E-state index contributed by atoms with van der Waals surface area (Å²) in [5.74, 6) is 0.0340. The average Bonchev–Trinajstić information content (AvgIpc) is 3.00. The van der Waals surface area contributed by atoms with Crippen molar-refractivity contribution < 1.29 is 18.0 Å². The number of carbonyl (C=O) groups is 1. The van der Waals surface area contributed by atoms with E-state index >= 15 is 0 Å². The molecule has 1 amide bonds. The van der Waals surface area contributed by atoms with Gasteiger partial charge in [-0.3, -0.25) is 4.79 Å². The number of benzene rings is 2. The van der Waals surface area contributed by atoms with Crippen LogP contribution in [0.3, 0.4) is 0 Å². The number of hydrogen-bond acceptors (Lipinski definition) is 2. The molecular weight excluding hydrogens is 367 g/mol. The number of carbonyl (C=O) groups excluding carboxylic acids is 1. The van der Waals surface area contributed by atoms with E-state index in [1.807, 2.05) is 0 Å². The minimum Gasteiger partial charge on any atom is -0.320 e. The molecule has 0 fully saturated rings. The van der Waals surface area contributed by atoms with E-state index in [0.29, 0.717) is 16.5 Å². The van der Waals surface area contributed by atoms with Gasteiger partial charge in [-0.2, -0.15) is 13.2 Å². The Morgan fingerprint density at radius 1 is 1.15 bits per heavy atom. The number of rotatable bonds is 3. The summed E-state index contributed by atoms with van der Waals surface area (Å²) in [6.45, 7) is 1.71. The number of halogens is 4. The molecule has 0 aliphatic heterocycles. The molecule has 1 heterocycles. The lowest BCUT2D eigenvalue weighted by molar-refractivity contribution is -0.137. The van der Waals surface area contributed by atoms with E-state index in [4.69, 9.17) is 11.6 Å². The van der Waals surface area contributed by atoms with E-state index in [9.17, 15) is 18.0 Å². The standard InChI is InChI=1S/C18H13ClF3N3O/c1-11-23-8-9-25(11)16-7-4-13(18(20,21)22)10-15(16)24-17(26)12-2-5-14(19)6-3-12/h2-10H,1H3,(H,24,26). The average molecular weight is 380 g/mol. The first kappa shape index (κ1) is 18.0. The van der Waals surface area contributed by atoms with Gasteiger partial charge in [-0.15, -0.1) is 0 Å². The maximum Gasteiger partial charge on any atom is 0.416 e. The molecule has 1 aromatic heterocycles. The topological polar surface area (TPSA) is 46.9 Å². The lowest BCUT2D eigenvalue weighted by atomic mass is 10.1. The number of amides is 1. The molecule has 0 aliphatic rings. The molecular formula is C18H13ClF3N3O. The quantitative estimate of drug-likeness (QED) is 0.687. The third-order valence-corrected chi connectivity index (χ3v) is 4.02. The number of anilines is 1. The number of aromatic nitrogens is 2. The molecule has 0 atom stereocenters. The highest BCUT2D eigenvalue weighted by Crippen LogP contribution is 2.34. The van der Waals surface area contributed by atoms with Crippen LogP contribution in [-0.4, -0.2) is 15.5 Å². The minimum absolute atomic E-state index is 0.0286. The zero-order chi connectivity index (χ0) is 18.9. The number of aryl methyl sites for hydroxylation is 1. The Morgan fingerprint density at radius 2 is 1.85 bits per heavy atom. The first-order chi connectivity index (χ1) is 12.3. The van der Waals surface area contributed by atoms with E-state index in [-0.39, 0.29) is 11.3 Å². The van der Waals surface area contributed by atoms with Crippen molar-refractivity contribution in [1.29, 1.82) is 0 Å². The van der Waals surface area contributed by atoms with E-state index < -0.39 is 17.6 Å². The van der Waals surface area contributed by atoms with Crippen molar-refractivity contribution in [3.05, 3.63) is 76.8 Å². The van der Waals surface area contributed by atoms with Crippen LogP contribution in [0, 0.1) is 6.92 Å². The van der Waals surface area contributed by atoms with Gasteiger partial charge in [-0.05, 0) is 49.4 Å². The second kappa shape index (κ2) is 6.84. The number of imidazole rings is 1. The van der Waals surface area contributed by atoms with Gasteiger partial charge >= 0.3 is 6.18 Å². The number of nitrogens with one attached hydrogen (secondary N) is 1. The van der Waals surface area contributed by atoms with E-state index in [0.717, 1.165) is 12.1 Å². The Labute approximate surface area is 152 Å². The van der Waals surface area contributed by atoms with Crippen LogP contribution in [0.15, 0.2) is 54.9 Å². The molecule has 0 bridgehead atoms. The summed E-state index contributed by atoms with van der Waals surface area (Å²) < 4.78 is 40.8. The molecule has 0 aliphatic carbocycles. The monoisotopic (exact) mass is 379 g/mol. The Kier molecular flexibility index (Phi) is 4.73. The molecule has 0 radical (unpaired) electrons. The number of nitrogens with zero attached hydrogens (tertiary/aromatic N) is 2. The molecule has 3 aromatic rings. The Balaban J connectivity index is 2.03. The predicted molar refractivity (Wildman–Crippen MR) is 92.7 cm³/mol. The van der Waals surface area contributed by atoms with Crippen LogP contribution in [0.25, 0.3) is 5.69 Å². The fourth-order valence-corrected chi connectivity index (χ4v) is 2.58. The lowest BCUT2D eigenvalue weighted by Gasteiger charge is -2.16. The van der Waals surface area contributed by atoms with Gasteiger partial charge in [0.2, 0.25) is 0 Å². The fraction of sp³-hybridized carbons (Fsp3) is 0.111. The predicted octanol–water partition coefficient (Wildman–Crippen LogP) is 5.11. The molecule has 4 nitrogen and oxygen atoms in total. The van der Waals surface area contributed by atoms with Gasteiger partial charge in [-0.1, -0.05) is 11.6 Å². The molecule has 3 rings (SSSR count). The van der Waals surface area contributed by atoms with E-state index in [1.165, 1.54) is 36.5 Å². The van der Waals surface area contributed by atoms with Gasteiger partial charge in [0, 0.05) is 23.0 Å². The molecule has 0 unspecified atom stereocenters. The van der Waals surface area contributed by atoms with Gasteiger partial charge in [0.05, 0.1) is 16.9 Å². The molecule has 134 valence electrons. The van der Waals surface area contributed by atoms with Gasteiger partial charge in [-0.25, -0.2) is 4.98 Å². The minimum atomic E-state index is -4.53. The highest BCUT2D eigenvalue weighted by Gasteiger charge is 2.31. The summed E-state index contributed by atoms with van der Waals surface area (Å²) in [6, 6.07) is 9.22. The van der Waals surface area contributed by atoms with Crippen LogP contribution >= 0.6 is 11.6 Å². The summed E-state index contributed by atoms with van der Waals surface area (Å²) in [7, 11) is 0. The highest BCUT2D eigenvalue weighted by molar-refractivity contribution is 6.30. The van der Waals surface area contributed by atoms with Crippen LogP contribution in [0.5, 0.6) is 0 Å². The van der Waals surface area contributed by atoms with Crippen molar-refractivity contribution in [3.63, 3.8) is 0 Å². The summed E-state index contributed by atoms with van der Waals surface area (Å²) in [5.41, 5.74) is -0.165. The summed E-state index contributed by atoms with van der Waals surface area (Å²) >= 11 is 5.79. The van der Waals surface area contributed by atoms with Gasteiger partial charge in [0.25, 0.3) is 5.91 Å². The smallest absolute Gasteiger partial charge is 0.320 e. The first-order valence-electron chi connectivity index (χ1n) is 7.54. The van der Waals surface area contributed by atoms with Crippen molar-refractivity contribution in [3.8, 4) is 5.69 Å². The van der Waals surface area contributed by atoms with Crippen LogP contribution < -0.4 is 5.32 Å². The van der Waals surface area contributed by atoms with Crippen molar-refractivity contribution in [2.45, 2.75) is 13.1 Å². The van der Waals surface area contributed by atoms with Crippen LogP contribution in [-0.2, 0) is 6.18 Å². The van der Waals surface area contributed by atoms with Crippen LogP contribution in [0.2, 0.25) is 5.02 Å². The fourth-order valence-electron chi connectivity index (χ4n) is 2.45. The molecule has 2 aromatic carbocycles. The molecule has 0 saturated carbocycles. The lowest BCUT2D eigenvalue weighted by Crippen LogP contribution is -2.15. The van der Waals surface area contributed by atoms with Gasteiger partial charge in [0.15, 0.2) is 0 Å². The molecule has 26 heavy (non-hydrogen) atoms. The molecule has 8 heteroatoms. The van der Waals surface area contributed by atoms with Crippen LogP contribution in [0.4, 0.5) is 18.9 Å². The van der Waals surface area contributed by atoms with Crippen molar-refractivity contribution in [2.75, 3.05) is 5.32 Å². The van der Waals surface area contributed by atoms with E-state index in [2.05, 4.69) is 10.3 Å². The zero-order valence-electron chi connectivity index (χ0n) is 13.5. The van der Waals surface area contributed by atoms with Crippen molar-refractivity contribution in [2.24, 2.45) is 0 Å². The second-order valence-electron chi connectivity index (χ2n) is 5.54. The Bertz CT molecular complexity index is 949. The number of alkyl halides is 3. The van der Waals surface area contributed by atoms with Crippen molar-refractivity contribution in [1.82, 2.24) is 9.55 Å². The second-order valence-corrected chi connectivity index (χ2v) is 5.97. The maximum atomic E-state index is 13.1. The molecule has 0 saturated heterocycles.